The zero-order chi connectivity index (χ0) is 13.2. The minimum atomic E-state index is -0.120. The Morgan fingerprint density at radius 1 is 1.22 bits per heavy atom. The fraction of sp³-hybridized carbons (Fsp3) is 0.923. The molecule has 0 spiro atoms. The van der Waals surface area contributed by atoms with Crippen LogP contribution in [-0.2, 0) is 19.0 Å². The summed E-state index contributed by atoms with van der Waals surface area (Å²) < 4.78 is 15.4. The highest BCUT2D eigenvalue weighted by Crippen LogP contribution is 2.23. The van der Waals surface area contributed by atoms with Crippen molar-refractivity contribution >= 4 is 5.97 Å². The molecule has 0 radical (unpaired) electrons. The second kappa shape index (κ2) is 9.30. The van der Waals surface area contributed by atoms with Gasteiger partial charge in [-0.3, -0.25) is 4.79 Å². The van der Waals surface area contributed by atoms with Crippen LogP contribution < -0.4 is 5.73 Å². The van der Waals surface area contributed by atoms with Crippen molar-refractivity contribution in [2.45, 2.75) is 38.1 Å². The fourth-order valence-corrected chi connectivity index (χ4v) is 2.17. The first kappa shape index (κ1) is 15.4. The molecule has 0 bridgehead atoms. The Morgan fingerprint density at radius 2 is 2.06 bits per heavy atom. The van der Waals surface area contributed by atoms with Crippen LogP contribution in [-0.4, -0.2) is 45.5 Å². The number of esters is 1. The second-order valence-corrected chi connectivity index (χ2v) is 4.75. The maximum atomic E-state index is 11.7. The summed E-state index contributed by atoms with van der Waals surface area (Å²) in [5, 5.41) is 0. The molecule has 106 valence electrons. The third-order valence-electron chi connectivity index (χ3n) is 3.16. The highest BCUT2D eigenvalue weighted by atomic mass is 16.6. The minimum Gasteiger partial charge on any atom is -0.463 e. The summed E-state index contributed by atoms with van der Waals surface area (Å²) in [6.45, 7) is 2.12. The van der Waals surface area contributed by atoms with E-state index in [9.17, 15) is 4.79 Å². The maximum absolute atomic E-state index is 11.7. The van der Waals surface area contributed by atoms with Crippen molar-refractivity contribution in [2.24, 2.45) is 11.7 Å². The fourth-order valence-electron chi connectivity index (χ4n) is 2.17. The molecule has 1 aliphatic carbocycles. The van der Waals surface area contributed by atoms with Gasteiger partial charge in [0.1, 0.15) is 6.61 Å². The molecule has 1 aliphatic rings. The van der Waals surface area contributed by atoms with Gasteiger partial charge in [0.05, 0.1) is 12.5 Å². The maximum Gasteiger partial charge on any atom is 0.309 e. The standard InChI is InChI=1S/C13H25NO4/c1-16-6-3-7-17-8-9-18-13(15)11-4-2-5-12(14)10-11/h11-12H,2-10,14H2,1H3. The number of ether oxygens (including phenoxy) is 3. The van der Waals surface area contributed by atoms with Crippen LogP contribution in [0.5, 0.6) is 0 Å². The average molecular weight is 259 g/mol. The quantitative estimate of drug-likeness (QED) is 0.522. The van der Waals surface area contributed by atoms with Crippen LogP contribution in [0.15, 0.2) is 0 Å². The molecule has 0 saturated heterocycles. The van der Waals surface area contributed by atoms with Crippen molar-refractivity contribution in [3.8, 4) is 0 Å². The molecule has 0 aromatic heterocycles. The van der Waals surface area contributed by atoms with Crippen molar-refractivity contribution in [3.63, 3.8) is 0 Å². The lowest BCUT2D eigenvalue weighted by Gasteiger charge is -2.24. The highest BCUT2D eigenvalue weighted by Gasteiger charge is 2.26. The summed E-state index contributed by atoms with van der Waals surface area (Å²) in [4.78, 5) is 11.7. The SMILES string of the molecule is COCCCOCCOC(=O)C1CCCC(N)C1. The van der Waals surface area contributed by atoms with Crippen molar-refractivity contribution in [2.75, 3.05) is 33.5 Å². The number of nitrogens with two attached hydrogens (primary N) is 1. The van der Waals surface area contributed by atoms with Gasteiger partial charge in [-0.1, -0.05) is 6.42 Å². The van der Waals surface area contributed by atoms with E-state index in [1.54, 1.807) is 7.11 Å². The number of rotatable bonds is 8. The first-order valence-corrected chi connectivity index (χ1v) is 6.73. The number of carbonyl (C=O) groups is 1. The minimum absolute atomic E-state index is 0.0118. The lowest BCUT2D eigenvalue weighted by molar-refractivity contribution is -0.151. The van der Waals surface area contributed by atoms with Crippen LogP contribution in [0.4, 0.5) is 0 Å². The van der Waals surface area contributed by atoms with Gasteiger partial charge in [-0.15, -0.1) is 0 Å². The summed E-state index contributed by atoms with van der Waals surface area (Å²) in [6, 6.07) is 0.154. The van der Waals surface area contributed by atoms with E-state index in [0.29, 0.717) is 26.4 Å². The van der Waals surface area contributed by atoms with Gasteiger partial charge in [0.25, 0.3) is 0 Å². The predicted molar refractivity (Wildman–Crippen MR) is 68.2 cm³/mol. The Bertz CT molecular complexity index is 235. The molecule has 0 aromatic rings. The molecule has 1 saturated carbocycles. The number of hydrogen-bond acceptors (Lipinski definition) is 5. The lowest BCUT2D eigenvalue weighted by Crippen LogP contribution is -2.32. The smallest absolute Gasteiger partial charge is 0.309 e. The van der Waals surface area contributed by atoms with Crippen LogP contribution in [0.25, 0.3) is 0 Å². The Morgan fingerprint density at radius 3 is 2.78 bits per heavy atom. The van der Waals surface area contributed by atoms with Gasteiger partial charge in [-0.25, -0.2) is 0 Å². The summed E-state index contributed by atoms with van der Waals surface area (Å²) in [7, 11) is 1.66. The second-order valence-electron chi connectivity index (χ2n) is 4.75. The Kier molecular flexibility index (Phi) is 7.96. The van der Waals surface area contributed by atoms with Crippen LogP contribution in [0.2, 0.25) is 0 Å². The molecule has 0 aromatic carbocycles. The van der Waals surface area contributed by atoms with Gasteiger partial charge < -0.3 is 19.9 Å². The summed E-state index contributed by atoms with van der Waals surface area (Å²) in [6.07, 6.45) is 4.57. The zero-order valence-corrected chi connectivity index (χ0v) is 11.2. The molecule has 18 heavy (non-hydrogen) atoms. The molecule has 0 amide bonds. The third-order valence-corrected chi connectivity index (χ3v) is 3.16. The molecular formula is C13H25NO4. The summed E-state index contributed by atoms with van der Waals surface area (Å²) in [5.41, 5.74) is 5.84. The predicted octanol–water partition coefficient (Wildman–Crippen LogP) is 1.10. The molecule has 0 aliphatic heterocycles. The van der Waals surface area contributed by atoms with Crippen LogP contribution in [0, 0.1) is 5.92 Å². The molecule has 1 fully saturated rings. The van der Waals surface area contributed by atoms with E-state index >= 15 is 0 Å². The van der Waals surface area contributed by atoms with Crippen LogP contribution in [0.1, 0.15) is 32.1 Å². The molecule has 2 N–H and O–H groups in total. The average Bonchev–Trinajstić information content (AvgIpc) is 2.37. The molecule has 1 rings (SSSR count). The monoisotopic (exact) mass is 259 g/mol. The van der Waals surface area contributed by atoms with Gasteiger partial charge in [0, 0.05) is 26.4 Å². The Labute approximate surface area is 109 Å². The third kappa shape index (κ3) is 6.33. The Hall–Kier alpha value is -0.650. The summed E-state index contributed by atoms with van der Waals surface area (Å²) in [5.74, 6) is -0.132. The summed E-state index contributed by atoms with van der Waals surface area (Å²) >= 11 is 0. The van der Waals surface area contributed by atoms with Gasteiger partial charge in [0.15, 0.2) is 0 Å². The Balaban J connectivity index is 1.99. The number of methoxy groups -OCH3 is 1. The van der Waals surface area contributed by atoms with Gasteiger partial charge in [0.2, 0.25) is 0 Å². The van der Waals surface area contributed by atoms with E-state index in [2.05, 4.69) is 0 Å². The molecule has 0 heterocycles. The van der Waals surface area contributed by atoms with E-state index in [1.165, 1.54) is 0 Å². The van der Waals surface area contributed by atoms with Crippen molar-refractivity contribution in [1.82, 2.24) is 0 Å². The first-order chi connectivity index (χ1) is 8.74. The molecule has 2 unspecified atom stereocenters. The van der Waals surface area contributed by atoms with Gasteiger partial charge in [-0.05, 0) is 25.7 Å². The van der Waals surface area contributed by atoms with E-state index in [4.69, 9.17) is 19.9 Å². The highest BCUT2D eigenvalue weighted by molar-refractivity contribution is 5.72. The van der Waals surface area contributed by atoms with E-state index < -0.39 is 0 Å². The zero-order valence-electron chi connectivity index (χ0n) is 11.2. The van der Waals surface area contributed by atoms with Crippen LogP contribution in [0.3, 0.4) is 0 Å². The molecule has 5 heteroatoms. The lowest BCUT2D eigenvalue weighted by atomic mass is 9.86. The number of hydrogen-bond donors (Lipinski definition) is 1. The first-order valence-electron chi connectivity index (χ1n) is 6.73. The normalized spacial score (nSPS) is 23.9. The van der Waals surface area contributed by atoms with E-state index in [-0.39, 0.29) is 17.9 Å². The van der Waals surface area contributed by atoms with Crippen molar-refractivity contribution in [3.05, 3.63) is 0 Å². The van der Waals surface area contributed by atoms with E-state index in [1.807, 2.05) is 0 Å². The van der Waals surface area contributed by atoms with Gasteiger partial charge in [-0.2, -0.15) is 0 Å². The van der Waals surface area contributed by atoms with Gasteiger partial charge >= 0.3 is 5.97 Å². The van der Waals surface area contributed by atoms with Crippen molar-refractivity contribution < 1.29 is 19.0 Å². The molecule has 2 atom stereocenters. The van der Waals surface area contributed by atoms with Crippen molar-refractivity contribution in [1.29, 1.82) is 0 Å². The largest absolute Gasteiger partial charge is 0.463 e. The van der Waals surface area contributed by atoms with Crippen LogP contribution >= 0.6 is 0 Å². The number of carbonyl (C=O) groups excluding carboxylic acids is 1. The van der Waals surface area contributed by atoms with E-state index in [0.717, 1.165) is 32.1 Å². The topological polar surface area (TPSA) is 70.8 Å². The molecule has 5 nitrogen and oxygen atoms in total. The molecular weight excluding hydrogens is 234 g/mol.